The average molecular weight is 342 g/mol. The molecular formula is C19H26N4O2. The van der Waals surface area contributed by atoms with E-state index in [1.807, 2.05) is 30.3 Å². The summed E-state index contributed by atoms with van der Waals surface area (Å²) in [7, 11) is 0. The molecule has 0 spiro atoms. The van der Waals surface area contributed by atoms with E-state index >= 15 is 0 Å². The molecule has 6 nitrogen and oxygen atoms in total. The number of ether oxygens (including phenoxy) is 1. The molecule has 134 valence electrons. The quantitative estimate of drug-likeness (QED) is 0.624. The molecule has 1 aromatic heterocycles. The zero-order valence-electron chi connectivity index (χ0n) is 14.9. The van der Waals surface area contributed by atoms with Gasteiger partial charge in [-0.15, -0.1) is 0 Å². The van der Waals surface area contributed by atoms with E-state index in [2.05, 4.69) is 34.5 Å². The fraction of sp³-hybridized carbons (Fsp3) is 0.474. The molecule has 6 heteroatoms. The van der Waals surface area contributed by atoms with Crippen LogP contribution in [-0.2, 0) is 11.3 Å². The number of aromatic nitrogens is 1. The predicted octanol–water partition coefficient (Wildman–Crippen LogP) is 2.97. The largest absolute Gasteiger partial charge is 0.444 e. The minimum absolute atomic E-state index is 0.107. The molecule has 3 rings (SSSR count). The molecule has 0 amide bonds. The average Bonchev–Trinajstić information content (AvgIpc) is 3.28. The highest BCUT2D eigenvalue weighted by molar-refractivity contribution is 5.79. The predicted molar refractivity (Wildman–Crippen MR) is 98.3 cm³/mol. The molecule has 1 unspecified atom stereocenters. The van der Waals surface area contributed by atoms with E-state index in [0.717, 1.165) is 49.8 Å². The number of nitrogens with zero attached hydrogens (tertiary/aromatic N) is 2. The number of oxazole rings is 1. The van der Waals surface area contributed by atoms with Crippen LogP contribution < -0.4 is 10.6 Å². The van der Waals surface area contributed by atoms with Crippen molar-refractivity contribution in [1.29, 1.82) is 0 Å². The maximum absolute atomic E-state index is 5.81. The highest BCUT2D eigenvalue weighted by atomic mass is 16.5. The highest BCUT2D eigenvalue weighted by Crippen LogP contribution is 2.23. The van der Waals surface area contributed by atoms with E-state index in [9.17, 15) is 0 Å². The third kappa shape index (κ3) is 4.82. The summed E-state index contributed by atoms with van der Waals surface area (Å²) in [6, 6.07) is 9.87. The van der Waals surface area contributed by atoms with Crippen molar-refractivity contribution in [3.05, 3.63) is 42.3 Å². The molecule has 25 heavy (non-hydrogen) atoms. The molecule has 2 N–H and O–H groups in total. The Bertz CT molecular complexity index is 690. The lowest BCUT2D eigenvalue weighted by Gasteiger charge is -2.24. The summed E-state index contributed by atoms with van der Waals surface area (Å²) in [5.41, 5.74) is 1.67. The first kappa shape index (κ1) is 17.5. The second kappa shape index (κ2) is 8.16. The van der Waals surface area contributed by atoms with Crippen LogP contribution in [0.15, 0.2) is 46.0 Å². The Labute approximate surface area is 148 Å². The Morgan fingerprint density at radius 3 is 2.84 bits per heavy atom. The fourth-order valence-corrected chi connectivity index (χ4v) is 2.84. The first-order chi connectivity index (χ1) is 12.2. The first-order valence-corrected chi connectivity index (χ1v) is 8.84. The topological polar surface area (TPSA) is 71.7 Å². The third-order valence-electron chi connectivity index (χ3n) is 4.25. The van der Waals surface area contributed by atoms with Gasteiger partial charge in [0, 0.05) is 25.3 Å². The van der Waals surface area contributed by atoms with Crippen LogP contribution in [0.1, 0.15) is 32.4 Å². The number of benzene rings is 1. The molecule has 1 saturated heterocycles. The molecule has 1 atom stereocenters. The van der Waals surface area contributed by atoms with Crippen molar-refractivity contribution in [3.63, 3.8) is 0 Å². The van der Waals surface area contributed by atoms with Crippen LogP contribution in [0.3, 0.4) is 0 Å². The number of hydrogen-bond donors (Lipinski definition) is 2. The minimum Gasteiger partial charge on any atom is -0.444 e. The number of guanidine groups is 1. The Morgan fingerprint density at radius 1 is 1.28 bits per heavy atom. The molecule has 0 bridgehead atoms. The molecule has 0 saturated carbocycles. The van der Waals surface area contributed by atoms with Gasteiger partial charge in [0.15, 0.2) is 5.96 Å². The summed E-state index contributed by atoms with van der Waals surface area (Å²) in [5, 5.41) is 6.62. The molecule has 1 aromatic carbocycles. The number of rotatable bonds is 6. The molecule has 2 heterocycles. The number of nitrogens with one attached hydrogen (secondary N) is 2. The standard InChI is InChI=1S/C19H26N4O2/c1-3-20-18(22-14-19(2)10-7-11-25-19)21-12-16-13-24-17(23-16)15-8-5-4-6-9-15/h4-6,8-9,13H,3,7,10-12,14H2,1-2H3,(H2,20,21,22). The number of hydrogen-bond acceptors (Lipinski definition) is 4. The van der Waals surface area contributed by atoms with Gasteiger partial charge >= 0.3 is 0 Å². The Hall–Kier alpha value is -2.34. The molecule has 0 aliphatic carbocycles. The minimum atomic E-state index is -0.107. The van der Waals surface area contributed by atoms with Crippen molar-refractivity contribution in [2.75, 3.05) is 19.7 Å². The van der Waals surface area contributed by atoms with E-state index in [1.165, 1.54) is 0 Å². The van der Waals surface area contributed by atoms with Gasteiger partial charge in [-0.2, -0.15) is 0 Å². The lowest BCUT2D eigenvalue weighted by atomic mass is 10.0. The van der Waals surface area contributed by atoms with Crippen LogP contribution in [0, 0.1) is 0 Å². The second-order valence-electron chi connectivity index (χ2n) is 6.46. The van der Waals surface area contributed by atoms with Crippen molar-refractivity contribution >= 4 is 5.96 Å². The zero-order chi connectivity index (χ0) is 17.5. The molecule has 2 aromatic rings. The Kier molecular flexibility index (Phi) is 5.71. The van der Waals surface area contributed by atoms with Gasteiger partial charge in [-0.1, -0.05) is 18.2 Å². The van der Waals surface area contributed by atoms with E-state index in [1.54, 1.807) is 6.26 Å². The maximum Gasteiger partial charge on any atom is 0.226 e. The fourth-order valence-electron chi connectivity index (χ4n) is 2.84. The maximum atomic E-state index is 5.81. The van der Waals surface area contributed by atoms with Gasteiger partial charge in [-0.3, -0.25) is 0 Å². The van der Waals surface area contributed by atoms with Crippen molar-refractivity contribution in [3.8, 4) is 11.5 Å². The summed E-state index contributed by atoms with van der Waals surface area (Å²) in [6.45, 7) is 7.04. The van der Waals surface area contributed by atoms with Crippen molar-refractivity contribution in [2.45, 2.75) is 38.8 Å². The summed E-state index contributed by atoms with van der Waals surface area (Å²) in [6.07, 6.45) is 3.85. The van der Waals surface area contributed by atoms with Crippen LogP contribution in [0.2, 0.25) is 0 Å². The van der Waals surface area contributed by atoms with Gasteiger partial charge in [-0.05, 0) is 38.8 Å². The lowest BCUT2D eigenvalue weighted by molar-refractivity contribution is 0.0243. The van der Waals surface area contributed by atoms with Gasteiger partial charge in [0.05, 0.1) is 12.1 Å². The third-order valence-corrected chi connectivity index (χ3v) is 4.25. The van der Waals surface area contributed by atoms with Crippen molar-refractivity contribution in [1.82, 2.24) is 15.6 Å². The molecule has 1 aliphatic rings. The summed E-state index contributed by atoms with van der Waals surface area (Å²) in [4.78, 5) is 9.11. The SMILES string of the molecule is CCNC(=NCc1coc(-c2ccccc2)n1)NCC1(C)CCCO1. The van der Waals surface area contributed by atoms with Crippen molar-refractivity contribution < 1.29 is 9.15 Å². The number of aliphatic imine (C=N–C) groups is 1. The summed E-state index contributed by atoms with van der Waals surface area (Å²) >= 11 is 0. The van der Waals surface area contributed by atoms with Crippen molar-refractivity contribution in [2.24, 2.45) is 4.99 Å². The Morgan fingerprint density at radius 2 is 2.12 bits per heavy atom. The lowest BCUT2D eigenvalue weighted by Crippen LogP contribution is -2.45. The van der Waals surface area contributed by atoms with Crippen LogP contribution >= 0.6 is 0 Å². The van der Waals surface area contributed by atoms with Gasteiger partial charge in [0.1, 0.15) is 12.0 Å². The summed E-state index contributed by atoms with van der Waals surface area (Å²) < 4.78 is 11.4. The smallest absolute Gasteiger partial charge is 0.226 e. The van der Waals surface area contributed by atoms with Crippen LogP contribution in [0.4, 0.5) is 0 Å². The van der Waals surface area contributed by atoms with Crippen LogP contribution in [0.5, 0.6) is 0 Å². The van der Waals surface area contributed by atoms with Gasteiger partial charge in [0.25, 0.3) is 0 Å². The van der Waals surface area contributed by atoms with E-state index in [0.29, 0.717) is 12.4 Å². The van der Waals surface area contributed by atoms with Gasteiger partial charge < -0.3 is 19.8 Å². The molecule has 0 radical (unpaired) electrons. The summed E-state index contributed by atoms with van der Waals surface area (Å²) in [5.74, 6) is 1.39. The molecule has 1 fully saturated rings. The second-order valence-corrected chi connectivity index (χ2v) is 6.46. The molecule has 1 aliphatic heterocycles. The van der Waals surface area contributed by atoms with E-state index in [-0.39, 0.29) is 5.60 Å². The Balaban J connectivity index is 1.60. The van der Waals surface area contributed by atoms with Crippen LogP contribution in [-0.4, -0.2) is 36.2 Å². The highest BCUT2D eigenvalue weighted by Gasteiger charge is 2.29. The van der Waals surface area contributed by atoms with E-state index in [4.69, 9.17) is 9.15 Å². The normalized spacial score (nSPS) is 20.6. The van der Waals surface area contributed by atoms with E-state index < -0.39 is 0 Å². The zero-order valence-corrected chi connectivity index (χ0v) is 14.9. The van der Waals surface area contributed by atoms with Gasteiger partial charge in [0.2, 0.25) is 5.89 Å². The van der Waals surface area contributed by atoms with Crippen LogP contribution in [0.25, 0.3) is 11.5 Å². The first-order valence-electron chi connectivity index (χ1n) is 8.84. The monoisotopic (exact) mass is 342 g/mol. The van der Waals surface area contributed by atoms with Gasteiger partial charge in [-0.25, -0.2) is 9.98 Å². The molecular weight excluding hydrogens is 316 g/mol.